The molecule has 29 heavy (non-hydrogen) atoms. The van der Waals surface area contributed by atoms with E-state index >= 15 is 0 Å². The number of ether oxygens (including phenoxy) is 1. The Morgan fingerprint density at radius 1 is 1.07 bits per heavy atom. The van der Waals surface area contributed by atoms with Gasteiger partial charge in [0.25, 0.3) is 5.91 Å². The largest absolute Gasteiger partial charge is 0.368 e. The maximum atomic E-state index is 13.1. The molecular formula is C23H29N3O3. The van der Waals surface area contributed by atoms with Crippen molar-refractivity contribution in [1.29, 1.82) is 0 Å². The van der Waals surface area contributed by atoms with Crippen LogP contribution >= 0.6 is 0 Å². The van der Waals surface area contributed by atoms with Crippen LogP contribution in [0.5, 0.6) is 0 Å². The van der Waals surface area contributed by atoms with Gasteiger partial charge in [-0.05, 0) is 31.2 Å². The van der Waals surface area contributed by atoms with Gasteiger partial charge in [-0.1, -0.05) is 36.4 Å². The van der Waals surface area contributed by atoms with E-state index in [0.717, 1.165) is 42.4 Å². The van der Waals surface area contributed by atoms with Crippen molar-refractivity contribution in [2.24, 2.45) is 0 Å². The average molecular weight is 396 g/mol. The molecule has 0 bridgehead atoms. The molecule has 0 N–H and O–H groups in total. The van der Waals surface area contributed by atoms with Crippen LogP contribution in [0.15, 0.2) is 42.5 Å². The summed E-state index contributed by atoms with van der Waals surface area (Å²) in [5.41, 5.74) is 0.961. The molecule has 154 valence electrons. The third-order valence-corrected chi connectivity index (χ3v) is 5.92. The predicted octanol–water partition coefficient (Wildman–Crippen LogP) is 2.52. The summed E-state index contributed by atoms with van der Waals surface area (Å²) >= 11 is 0. The molecule has 2 heterocycles. The number of carbonyl (C=O) groups excluding carboxylic acids is 2. The second-order valence-corrected chi connectivity index (χ2v) is 7.74. The van der Waals surface area contributed by atoms with Crippen molar-refractivity contribution >= 4 is 28.3 Å². The first-order valence-electron chi connectivity index (χ1n) is 10.6. The lowest BCUT2D eigenvalue weighted by Gasteiger charge is -2.36. The molecule has 2 aliphatic rings. The number of rotatable bonds is 5. The van der Waals surface area contributed by atoms with Gasteiger partial charge in [-0.3, -0.25) is 14.5 Å². The summed E-state index contributed by atoms with van der Waals surface area (Å²) in [5.74, 6) is 0.210. The first-order valence-corrected chi connectivity index (χ1v) is 10.6. The molecule has 2 amide bonds. The number of carbonyl (C=O) groups is 2. The minimum Gasteiger partial charge on any atom is -0.368 e. The van der Waals surface area contributed by atoms with Crippen LogP contribution in [0.3, 0.4) is 0 Å². The second kappa shape index (κ2) is 8.93. The molecule has 4 rings (SSSR count). The number of likely N-dealkylation sites (N-methyl/N-ethyl adjacent to an activating group) is 1. The highest BCUT2D eigenvalue weighted by Crippen LogP contribution is 2.27. The van der Waals surface area contributed by atoms with Gasteiger partial charge in [0, 0.05) is 44.7 Å². The van der Waals surface area contributed by atoms with E-state index in [1.165, 1.54) is 0 Å². The summed E-state index contributed by atoms with van der Waals surface area (Å²) in [6, 6.07) is 14.3. The van der Waals surface area contributed by atoms with Crippen LogP contribution in [0.4, 0.5) is 5.69 Å². The number of benzene rings is 2. The topological polar surface area (TPSA) is 53.1 Å². The fourth-order valence-electron chi connectivity index (χ4n) is 4.30. The summed E-state index contributed by atoms with van der Waals surface area (Å²) < 4.78 is 5.52. The van der Waals surface area contributed by atoms with E-state index in [-0.39, 0.29) is 17.9 Å². The van der Waals surface area contributed by atoms with Gasteiger partial charge in [-0.25, -0.2) is 0 Å². The molecule has 6 heteroatoms. The molecule has 0 radical (unpaired) electrons. The van der Waals surface area contributed by atoms with Gasteiger partial charge < -0.3 is 14.5 Å². The lowest BCUT2D eigenvalue weighted by atomic mass is 10.1. The molecule has 0 aromatic heterocycles. The Hall–Kier alpha value is -2.44. The van der Waals surface area contributed by atoms with E-state index in [1.54, 1.807) is 0 Å². The summed E-state index contributed by atoms with van der Waals surface area (Å²) in [4.78, 5) is 31.5. The van der Waals surface area contributed by atoms with Crippen molar-refractivity contribution in [2.75, 3.05) is 50.8 Å². The van der Waals surface area contributed by atoms with Crippen LogP contribution in [0.2, 0.25) is 0 Å². The molecule has 2 aliphatic heterocycles. The first-order chi connectivity index (χ1) is 14.2. The van der Waals surface area contributed by atoms with E-state index in [0.29, 0.717) is 32.8 Å². The molecule has 0 aliphatic carbocycles. The van der Waals surface area contributed by atoms with Crippen molar-refractivity contribution in [2.45, 2.75) is 25.9 Å². The van der Waals surface area contributed by atoms with Gasteiger partial charge in [0.2, 0.25) is 5.91 Å². The van der Waals surface area contributed by atoms with E-state index in [4.69, 9.17) is 4.74 Å². The van der Waals surface area contributed by atoms with E-state index in [1.807, 2.05) is 41.0 Å². The second-order valence-electron chi connectivity index (χ2n) is 7.74. The zero-order valence-electron chi connectivity index (χ0n) is 17.0. The minimum atomic E-state index is -0.259. The quantitative estimate of drug-likeness (QED) is 0.781. The molecular weight excluding hydrogens is 366 g/mol. The molecule has 2 fully saturated rings. The maximum absolute atomic E-state index is 13.1. The minimum absolute atomic E-state index is 0.0998. The van der Waals surface area contributed by atoms with Crippen molar-refractivity contribution in [3.63, 3.8) is 0 Å². The van der Waals surface area contributed by atoms with E-state index in [9.17, 15) is 9.59 Å². The summed E-state index contributed by atoms with van der Waals surface area (Å²) in [6.45, 7) is 6.46. The third-order valence-electron chi connectivity index (χ3n) is 5.92. The van der Waals surface area contributed by atoms with Crippen molar-refractivity contribution in [1.82, 2.24) is 9.80 Å². The SMILES string of the molecule is CCN(C(=O)CN1CCN(C(=O)C2CCCO2)CC1)c1cccc2ccccc12. The van der Waals surface area contributed by atoms with Gasteiger partial charge in [-0.2, -0.15) is 0 Å². The lowest BCUT2D eigenvalue weighted by Crippen LogP contribution is -2.53. The fraction of sp³-hybridized carbons (Fsp3) is 0.478. The number of anilines is 1. The van der Waals surface area contributed by atoms with Crippen LogP contribution in [0.25, 0.3) is 10.8 Å². The van der Waals surface area contributed by atoms with Crippen molar-refractivity contribution in [3.8, 4) is 0 Å². The summed E-state index contributed by atoms with van der Waals surface area (Å²) in [5, 5.41) is 2.23. The molecule has 2 aromatic rings. The highest BCUT2D eigenvalue weighted by Gasteiger charge is 2.31. The lowest BCUT2D eigenvalue weighted by molar-refractivity contribution is -0.142. The Balaban J connectivity index is 1.38. The number of piperazine rings is 1. The number of hydrogen-bond acceptors (Lipinski definition) is 4. The number of nitrogens with zero attached hydrogens (tertiary/aromatic N) is 3. The predicted molar refractivity (Wildman–Crippen MR) is 114 cm³/mol. The van der Waals surface area contributed by atoms with Crippen LogP contribution in [0, 0.1) is 0 Å². The van der Waals surface area contributed by atoms with Crippen molar-refractivity contribution in [3.05, 3.63) is 42.5 Å². The Labute approximate surface area is 172 Å². The van der Waals surface area contributed by atoms with Gasteiger partial charge in [0.15, 0.2) is 0 Å². The van der Waals surface area contributed by atoms with Gasteiger partial charge in [0.1, 0.15) is 6.10 Å². The monoisotopic (exact) mass is 395 g/mol. The first kappa shape index (κ1) is 19.9. The average Bonchev–Trinajstić information content (AvgIpc) is 3.29. The Kier molecular flexibility index (Phi) is 6.11. The highest BCUT2D eigenvalue weighted by molar-refractivity contribution is 6.04. The maximum Gasteiger partial charge on any atom is 0.251 e. The van der Waals surface area contributed by atoms with E-state index in [2.05, 4.69) is 23.1 Å². The molecule has 2 saturated heterocycles. The van der Waals surface area contributed by atoms with Gasteiger partial charge >= 0.3 is 0 Å². The Bertz CT molecular complexity index is 865. The number of amides is 2. The third kappa shape index (κ3) is 4.28. The number of fused-ring (bicyclic) bond motifs is 1. The van der Waals surface area contributed by atoms with Crippen LogP contribution in [0.1, 0.15) is 19.8 Å². The van der Waals surface area contributed by atoms with Crippen LogP contribution < -0.4 is 4.90 Å². The normalized spacial score (nSPS) is 20.2. The smallest absolute Gasteiger partial charge is 0.251 e. The standard InChI is InChI=1S/C23H29N3O3/c1-2-26(20-10-5-8-18-7-3-4-9-19(18)20)22(27)17-24-12-14-25(15-13-24)23(28)21-11-6-16-29-21/h3-5,7-10,21H,2,6,11-17H2,1H3. The molecule has 1 unspecified atom stereocenters. The highest BCUT2D eigenvalue weighted by atomic mass is 16.5. The summed E-state index contributed by atoms with van der Waals surface area (Å²) in [7, 11) is 0. The van der Waals surface area contributed by atoms with Gasteiger partial charge in [-0.15, -0.1) is 0 Å². The zero-order valence-corrected chi connectivity index (χ0v) is 17.0. The summed E-state index contributed by atoms with van der Waals surface area (Å²) in [6.07, 6.45) is 1.53. The number of hydrogen-bond donors (Lipinski definition) is 0. The van der Waals surface area contributed by atoms with Crippen LogP contribution in [-0.2, 0) is 14.3 Å². The Morgan fingerprint density at radius 3 is 2.55 bits per heavy atom. The van der Waals surface area contributed by atoms with Crippen molar-refractivity contribution < 1.29 is 14.3 Å². The zero-order chi connectivity index (χ0) is 20.2. The van der Waals surface area contributed by atoms with Gasteiger partial charge in [0.05, 0.1) is 12.2 Å². The van der Waals surface area contributed by atoms with Crippen LogP contribution in [-0.4, -0.2) is 73.6 Å². The molecule has 0 saturated carbocycles. The molecule has 0 spiro atoms. The fourth-order valence-corrected chi connectivity index (χ4v) is 4.30. The van der Waals surface area contributed by atoms with E-state index < -0.39 is 0 Å². The molecule has 6 nitrogen and oxygen atoms in total. The Morgan fingerprint density at radius 2 is 1.83 bits per heavy atom. The molecule has 1 atom stereocenters. The molecule has 2 aromatic carbocycles.